The Balaban J connectivity index is 1.93. The molecule has 4 rings (SSSR count). The molecule has 2 N–H and O–H groups in total. The lowest BCUT2D eigenvalue weighted by molar-refractivity contribution is -0.132. The molecule has 0 aromatic heterocycles. The quantitative estimate of drug-likeness (QED) is 0.183. The predicted octanol–water partition coefficient (Wildman–Crippen LogP) is 6.63. The average Bonchev–Trinajstić information content (AvgIpc) is 3.13. The van der Waals surface area contributed by atoms with Gasteiger partial charge in [0.25, 0.3) is 0 Å². The fraction of sp³-hybridized carbons (Fsp3) is 0.0400. The number of benzene rings is 3. The molecule has 9 heteroatoms. The van der Waals surface area contributed by atoms with Crippen LogP contribution in [0.4, 0.5) is 0 Å². The number of allylic oxidation sites excluding steroid dienone is 1. The Morgan fingerprint density at radius 3 is 2.21 bits per heavy atom. The highest BCUT2D eigenvalue weighted by molar-refractivity contribution is 9.11. The van der Waals surface area contributed by atoms with Crippen molar-refractivity contribution in [1.29, 1.82) is 0 Å². The first-order valence-electron chi connectivity index (χ1n) is 9.73. The fourth-order valence-corrected chi connectivity index (χ4v) is 4.72. The summed E-state index contributed by atoms with van der Waals surface area (Å²) < 4.78 is 12.3. The SMILES string of the molecule is COc1ccc(C2=C(C(=O)c3ccc(O)c(Br)c3)C(=O)O/C2=C\c2ccc(O)c(Br)c2)cc1Br. The molecule has 1 aliphatic rings. The van der Waals surface area contributed by atoms with E-state index in [-0.39, 0.29) is 28.4 Å². The van der Waals surface area contributed by atoms with E-state index in [1.54, 1.807) is 36.4 Å². The summed E-state index contributed by atoms with van der Waals surface area (Å²) in [5, 5.41) is 19.6. The van der Waals surface area contributed by atoms with E-state index in [0.717, 1.165) is 0 Å². The minimum absolute atomic E-state index is 0.0303. The van der Waals surface area contributed by atoms with Gasteiger partial charge >= 0.3 is 5.97 Å². The van der Waals surface area contributed by atoms with E-state index < -0.39 is 11.8 Å². The van der Waals surface area contributed by atoms with E-state index in [4.69, 9.17) is 9.47 Å². The lowest BCUT2D eigenvalue weighted by Gasteiger charge is -2.10. The minimum Gasteiger partial charge on any atom is -0.507 e. The number of phenols is 2. The van der Waals surface area contributed by atoms with Gasteiger partial charge in [0.2, 0.25) is 5.78 Å². The molecule has 172 valence electrons. The summed E-state index contributed by atoms with van der Waals surface area (Å²) in [6.07, 6.45) is 1.61. The van der Waals surface area contributed by atoms with Crippen molar-refractivity contribution >= 4 is 71.2 Å². The molecule has 0 fully saturated rings. The molecule has 6 nitrogen and oxygen atoms in total. The Morgan fingerprint density at radius 1 is 0.912 bits per heavy atom. The van der Waals surface area contributed by atoms with Crippen LogP contribution in [0, 0.1) is 0 Å². The standard InChI is InChI=1S/C25H15Br3O6/c1-33-20-7-4-13(10-17(20)28)22-21(9-12-2-5-18(29)15(26)8-12)34-25(32)23(22)24(31)14-3-6-19(30)16(27)11-14/h2-11,29-30H,1H3/b21-9-. The van der Waals surface area contributed by atoms with Crippen LogP contribution in [0.5, 0.6) is 17.2 Å². The Morgan fingerprint density at radius 2 is 1.59 bits per heavy atom. The van der Waals surface area contributed by atoms with Gasteiger partial charge < -0.3 is 19.7 Å². The van der Waals surface area contributed by atoms with E-state index in [9.17, 15) is 19.8 Å². The molecule has 34 heavy (non-hydrogen) atoms. The predicted molar refractivity (Wildman–Crippen MR) is 138 cm³/mol. The van der Waals surface area contributed by atoms with Crippen LogP contribution in [-0.4, -0.2) is 29.1 Å². The van der Waals surface area contributed by atoms with Crippen molar-refractivity contribution in [2.24, 2.45) is 0 Å². The summed E-state index contributed by atoms with van der Waals surface area (Å²) in [6.45, 7) is 0. The highest BCUT2D eigenvalue weighted by Gasteiger charge is 2.36. The van der Waals surface area contributed by atoms with Gasteiger partial charge in [-0.15, -0.1) is 0 Å². The zero-order valence-corrected chi connectivity index (χ0v) is 22.2. The van der Waals surface area contributed by atoms with Gasteiger partial charge in [0.05, 0.1) is 20.5 Å². The molecule has 0 saturated carbocycles. The zero-order valence-electron chi connectivity index (χ0n) is 17.4. The van der Waals surface area contributed by atoms with E-state index in [0.29, 0.717) is 35.9 Å². The number of Topliss-reactive ketones (excluding diaryl/α,β-unsaturated/α-hetero) is 1. The maximum atomic E-state index is 13.4. The molecule has 1 heterocycles. The van der Waals surface area contributed by atoms with Crippen LogP contribution >= 0.6 is 47.8 Å². The van der Waals surface area contributed by atoms with Crippen LogP contribution in [0.2, 0.25) is 0 Å². The molecule has 3 aromatic rings. The third kappa shape index (κ3) is 4.68. The molecule has 0 bridgehead atoms. The Hall–Kier alpha value is -2.88. The number of carbonyl (C=O) groups excluding carboxylic acids is 2. The van der Waals surface area contributed by atoms with Gasteiger partial charge in [0.1, 0.15) is 28.6 Å². The summed E-state index contributed by atoms with van der Waals surface area (Å²) in [7, 11) is 1.53. The lowest BCUT2D eigenvalue weighted by Crippen LogP contribution is -2.11. The second-order valence-corrected chi connectivity index (χ2v) is 9.77. The van der Waals surface area contributed by atoms with Crippen LogP contribution < -0.4 is 4.74 Å². The number of rotatable bonds is 5. The summed E-state index contributed by atoms with van der Waals surface area (Å²) in [4.78, 5) is 26.4. The van der Waals surface area contributed by atoms with Crippen LogP contribution in [0.15, 0.2) is 79.3 Å². The molecule has 0 amide bonds. The van der Waals surface area contributed by atoms with Crippen molar-refractivity contribution in [3.8, 4) is 17.2 Å². The van der Waals surface area contributed by atoms with Crippen LogP contribution in [-0.2, 0) is 9.53 Å². The third-order valence-electron chi connectivity index (χ3n) is 5.05. The maximum Gasteiger partial charge on any atom is 0.348 e. The van der Waals surface area contributed by atoms with E-state index in [1.807, 2.05) is 0 Å². The number of carbonyl (C=O) groups is 2. The number of methoxy groups -OCH3 is 1. The number of cyclic esters (lactones) is 1. The van der Waals surface area contributed by atoms with Crippen LogP contribution in [0.25, 0.3) is 11.6 Å². The first-order chi connectivity index (χ1) is 16.2. The average molecular weight is 651 g/mol. The fourth-order valence-electron chi connectivity index (χ4n) is 3.40. The molecule has 0 unspecified atom stereocenters. The number of halogens is 3. The molecular formula is C25H15Br3O6. The lowest BCUT2D eigenvalue weighted by atomic mass is 9.93. The summed E-state index contributed by atoms with van der Waals surface area (Å²) >= 11 is 9.92. The van der Waals surface area contributed by atoms with E-state index in [2.05, 4.69) is 47.8 Å². The third-order valence-corrected chi connectivity index (χ3v) is 6.94. The molecule has 0 saturated heterocycles. The first kappa shape index (κ1) is 24.3. The van der Waals surface area contributed by atoms with Crippen molar-refractivity contribution in [2.45, 2.75) is 0 Å². The molecule has 0 spiro atoms. The molecular weight excluding hydrogens is 636 g/mol. The van der Waals surface area contributed by atoms with Crippen molar-refractivity contribution in [3.05, 3.63) is 96.0 Å². The number of ether oxygens (including phenoxy) is 2. The largest absolute Gasteiger partial charge is 0.507 e. The van der Waals surface area contributed by atoms with E-state index >= 15 is 0 Å². The van der Waals surface area contributed by atoms with Crippen molar-refractivity contribution < 1.29 is 29.3 Å². The topological polar surface area (TPSA) is 93.1 Å². The minimum atomic E-state index is -0.791. The van der Waals surface area contributed by atoms with Gasteiger partial charge in [-0.1, -0.05) is 12.1 Å². The number of hydrogen-bond donors (Lipinski definition) is 2. The highest BCUT2D eigenvalue weighted by Crippen LogP contribution is 2.40. The molecule has 1 aliphatic heterocycles. The molecule has 0 aliphatic carbocycles. The van der Waals surface area contributed by atoms with Crippen molar-refractivity contribution in [3.63, 3.8) is 0 Å². The van der Waals surface area contributed by atoms with Gasteiger partial charge in [-0.25, -0.2) is 4.79 Å². The van der Waals surface area contributed by atoms with Crippen molar-refractivity contribution in [1.82, 2.24) is 0 Å². The second-order valence-electron chi connectivity index (χ2n) is 7.20. The van der Waals surface area contributed by atoms with Crippen LogP contribution in [0.1, 0.15) is 21.5 Å². The first-order valence-corrected chi connectivity index (χ1v) is 12.1. The smallest absolute Gasteiger partial charge is 0.348 e. The van der Waals surface area contributed by atoms with E-state index in [1.165, 1.54) is 31.4 Å². The Bertz CT molecular complexity index is 1410. The summed E-state index contributed by atoms with van der Waals surface area (Å²) in [5.74, 6) is -0.548. The number of aromatic hydroxyl groups is 2. The van der Waals surface area contributed by atoms with Gasteiger partial charge in [0, 0.05) is 11.1 Å². The monoisotopic (exact) mass is 648 g/mol. The Labute approximate surface area is 219 Å². The molecule has 0 radical (unpaired) electrons. The zero-order chi connectivity index (χ0) is 24.6. The number of ketones is 1. The van der Waals surface area contributed by atoms with Crippen LogP contribution in [0.3, 0.4) is 0 Å². The number of hydrogen-bond acceptors (Lipinski definition) is 6. The normalized spacial score (nSPS) is 14.5. The summed E-state index contributed by atoms with van der Waals surface area (Å²) in [6, 6.07) is 14.2. The Kier molecular flexibility index (Phi) is 6.97. The highest BCUT2D eigenvalue weighted by atomic mass is 79.9. The van der Waals surface area contributed by atoms with Crippen molar-refractivity contribution in [2.75, 3.05) is 7.11 Å². The molecule has 0 atom stereocenters. The second kappa shape index (κ2) is 9.77. The van der Waals surface area contributed by atoms with Gasteiger partial charge in [-0.05, 0) is 107 Å². The van der Waals surface area contributed by atoms with Gasteiger partial charge in [-0.2, -0.15) is 0 Å². The van der Waals surface area contributed by atoms with Gasteiger partial charge in [-0.3, -0.25) is 4.79 Å². The number of phenolic OH excluding ortho intramolecular Hbond substituents is 2. The maximum absolute atomic E-state index is 13.4. The number of esters is 1. The molecule has 3 aromatic carbocycles. The van der Waals surface area contributed by atoms with Gasteiger partial charge in [0.15, 0.2) is 0 Å². The summed E-state index contributed by atoms with van der Waals surface area (Å²) in [5.41, 5.74) is 1.57.